The van der Waals surface area contributed by atoms with Gasteiger partial charge in [0.05, 0.1) is 12.0 Å². The fraction of sp³-hybridized carbons (Fsp3) is 0.125. The van der Waals surface area contributed by atoms with E-state index in [1.165, 1.54) is 17.2 Å². The van der Waals surface area contributed by atoms with E-state index in [1.807, 2.05) is 13.0 Å². The number of nitrogens with zero attached hydrogens (tertiary/aromatic N) is 1. The van der Waals surface area contributed by atoms with Crippen LogP contribution < -0.4 is 9.64 Å². The lowest BCUT2D eigenvalue weighted by Gasteiger charge is -2.29. The molecule has 2 aromatic rings. The second-order valence-electron chi connectivity index (χ2n) is 4.88. The van der Waals surface area contributed by atoms with E-state index in [-0.39, 0.29) is 5.76 Å². The minimum absolute atomic E-state index is 0.0209. The minimum Gasteiger partial charge on any atom is -0.480 e. The number of carbonyl (C=O) groups is 2. The number of carboxylic acid groups (broad SMARTS) is 1. The van der Waals surface area contributed by atoms with E-state index in [0.717, 1.165) is 5.56 Å². The molecule has 3 rings (SSSR count). The number of rotatable bonds is 3. The van der Waals surface area contributed by atoms with Gasteiger partial charge < -0.3 is 14.3 Å². The maximum Gasteiger partial charge on any atom is 0.323 e. The Kier molecular flexibility index (Phi) is 3.42. The van der Waals surface area contributed by atoms with Gasteiger partial charge in [-0.2, -0.15) is 0 Å². The quantitative estimate of drug-likeness (QED) is 0.880. The number of aryl methyl sites for hydroxylation is 1. The van der Waals surface area contributed by atoms with Crippen LogP contribution in [0.15, 0.2) is 46.8 Å². The van der Waals surface area contributed by atoms with Gasteiger partial charge in [-0.25, -0.2) is 0 Å². The lowest BCUT2D eigenvalue weighted by atomic mass is 10.1. The Labute approximate surface area is 126 Å². The summed E-state index contributed by atoms with van der Waals surface area (Å²) in [6.07, 6.45) is 2.92. The van der Waals surface area contributed by atoms with Crippen LogP contribution in [0.3, 0.4) is 0 Å². The molecule has 22 heavy (non-hydrogen) atoms. The van der Waals surface area contributed by atoms with Crippen LogP contribution in [0.1, 0.15) is 11.3 Å². The van der Waals surface area contributed by atoms with Crippen molar-refractivity contribution in [2.45, 2.75) is 6.92 Å². The SMILES string of the molecule is Cc1ccc2c(c1)N(CC(=O)O)C(=O)/C(=C\c1ccco1)O2. The van der Waals surface area contributed by atoms with Gasteiger partial charge in [0.25, 0.3) is 5.91 Å². The van der Waals surface area contributed by atoms with Crippen molar-refractivity contribution >= 4 is 23.6 Å². The first-order chi connectivity index (χ1) is 10.5. The first-order valence-corrected chi connectivity index (χ1v) is 6.62. The Morgan fingerprint density at radius 2 is 2.18 bits per heavy atom. The predicted octanol–water partition coefficient (Wildman–Crippen LogP) is 2.44. The molecule has 1 N–H and O–H groups in total. The summed E-state index contributed by atoms with van der Waals surface area (Å²) in [4.78, 5) is 24.7. The van der Waals surface area contributed by atoms with E-state index >= 15 is 0 Å². The number of benzene rings is 1. The number of fused-ring (bicyclic) bond motifs is 1. The molecule has 0 spiro atoms. The molecule has 0 aliphatic carbocycles. The molecule has 1 aliphatic heterocycles. The molecular weight excluding hydrogens is 286 g/mol. The van der Waals surface area contributed by atoms with E-state index in [4.69, 9.17) is 14.3 Å². The normalized spacial score (nSPS) is 15.6. The van der Waals surface area contributed by atoms with Gasteiger partial charge >= 0.3 is 5.97 Å². The first kappa shape index (κ1) is 13.9. The third-order valence-corrected chi connectivity index (χ3v) is 3.19. The van der Waals surface area contributed by atoms with Gasteiger partial charge in [0.1, 0.15) is 12.3 Å². The third kappa shape index (κ3) is 2.58. The summed E-state index contributed by atoms with van der Waals surface area (Å²) < 4.78 is 10.8. The summed E-state index contributed by atoms with van der Waals surface area (Å²) in [6.45, 7) is 1.42. The van der Waals surface area contributed by atoms with Crippen LogP contribution in [0.2, 0.25) is 0 Å². The predicted molar refractivity (Wildman–Crippen MR) is 78.5 cm³/mol. The second kappa shape index (κ2) is 5.40. The summed E-state index contributed by atoms with van der Waals surface area (Å²) in [5, 5.41) is 9.05. The van der Waals surface area contributed by atoms with Gasteiger partial charge in [0.15, 0.2) is 11.5 Å². The van der Waals surface area contributed by atoms with Crippen molar-refractivity contribution < 1.29 is 23.8 Å². The third-order valence-electron chi connectivity index (χ3n) is 3.19. The summed E-state index contributed by atoms with van der Waals surface area (Å²) >= 11 is 0. The van der Waals surface area contributed by atoms with Gasteiger partial charge in [-0.1, -0.05) is 6.07 Å². The van der Waals surface area contributed by atoms with Crippen LogP contribution in [0.5, 0.6) is 5.75 Å². The van der Waals surface area contributed by atoms with Crippen molar-refractivity contribution in [3.63, 3.8) is 0 Å². The molecule has 1 aliphatic rings. The molecule has 1 aromatic heterocycles. The molecule has 112 valence electrons. The van der Waals surface area contributed by atoms with Gasteiger partial charge in [-0.15, -0.1) is 0 Å². The van der Waals surface area contributed by atoms with Crippen LogP contribution in [-0.2, 0) is 9.59 Å². The largest absolute Gasteiger partial charge is 0.480 e. The highest BCUT2D eigenvalue weighted by Crippen LogP contribution is 2.36. The molecule has 2 heterocycles. The fourth-order valence-corrected chi connectivity index (χ4v) is 2.22. The highest BCUT2D eigenvalue weighted by Gasteiger charge is 2.32. The maximum absolute atomic E-state index is 12.5. The Balaban J connectivity index is 2.06. The average Bonchev–Trinajstić information content (AvgIpc) is 2.97. The zero-order chi connectivity index (χ0) is 15.7. The molecule has 0 radical (unpaired) electrons. The van der Waals surface area contributed by atoms with Crippen molar-refractivity contribution in [3.05, 3.63) is 53.7 Å². The molecule has 0 bridgehead atoms. The lowest BCUT2D eigenvalue weighted by Crippen LogP contribution is -2.40. The van der Waals surface area contributed by atoms with Crippen molar-refractivity contribution in [2.75, 3.05) is 11.4 Å². The van der Waals surface area contributed by atoms with Crippen LogP contribution in [0, 0.1) is 6.92 Å². The smallest absolute Gasteiger partial charge is 0.323 e. The molecule has 0 fully saturated rings. The zero-order valence-corrected chi connectivity index (χ0v) is 11.8. The number of amides is 1. The monoisotopic (exact) mass is 299 g/mol. The number of anilines is 1. The standard InChI is InChI=1S/C16H13NO5/c1-10-4-5-13-12(7-10)17(9-15(18)19)16(20)14(22-13)8-11-3-2-6-21-11/h2-8H,9H2,1H3,(H,18,19)/b14-8+. The summed E-state index contributed by atoms with van der Waals surface area (Å²) in [5.41, 5.74) is 1.35. The number of ether oxygens (including phenoxy) is 1. The van der Waals surface area contributed by atoms with Crippen LogP contribution >= 0.6 is 0 Å². The number of furan rings is 1. The first-order valence-electron chi connectivity index (χ1n) is 6.62. The van der Waals surface area contributed by atoms with Crippen LogP contribution in [-0.4, -0.2) is 23.5 Å². The van der Waals surface area contributed by atoms with Crippen molar-refractivity contribution in [3.8, 4) is 5.75 Å². The topological polar surface area (TPSA) is 80.0 Å². The highest BCUT2D eigenvalue weighted by molar-refractivity contribution is 6.11. The van der Waals surface area contributed by atoms with Gasteiger partial charge in [-0.3, -0.25) is 14.5 Å². The van der Waals surface area contributed by atoms with E-state index < -0.39 is 18.4 Å². The number of carbonyl (C=O) groups excluding carboxylic acids is 1. The Bertz CT molecular complexity index is 761. The summed E-state index contributed by atoms with van der Waals surface area (Å²) in [7, 11) is 0. The molecule has 0 atom stereocenters. The molecular formula is C16H13NO5. The lowest BCUT2D eigenvalue weighted by molar-refractivity contribution is -0.136. The van der Waals surface area contributed by atoms with Crippen molar-refractivity contribution in [2.24, 2.45) is 0 Å². The zero-order valence-electron chi connectivity index (χ0n) is 11.8. The highest BCUT2D eigenvalue weighted by atomic mass is 16.5. The van der Waals surface area contributed by atoms with E-state index in [9.17, 15) is 9.59 Å². The van der Waals surface area contributed by atoms with Crippen LogP contribution in [0.25, 0.3) is 6.08 Å². The van der Waals surface area contributed by atoms with Crippen LogP contribution in [0.4, 0.5) is 5.69 Å². The van der Waals surface area contributed by atoms with Gasteiger partial charge in [0.2, 0.25) is 0 Å². The van der Waals surface area contributed by atoms with E-state index in [2.05, 4.69) is 0 Å². The molecule has 0 saturated carbocycles. The van der Waals surface area contributed by atoms with Crippen molar-refractivity contribution in [1.29, 1.82) is 0 Å². The molecule has 1 aromatic carbocycles. The number of hydrogen-bond acceptors (Lipinski definition) is 4. The van der Waals surface area contributed by atoms with E-state index in [1.54, 1.807) is 24.3 Å². The molecule has 6 nitrogen and oxygen atoms in total. The fourth-order valence-electron chi connectivity index (χ4n) is 2.22. The summed E-state index contributed by atoms with van der Waals surface area (Å²) in [5.74, 6) is -0.706. The summed E-state index contributed by atoms with van der Waals surface area (Å²) in [6, 6.07) is 8.63. The minimum atomic E-state index is -1.10. The average molecular weight is 299 g/mol. The Morgan fingerprint density at radius 1 is 1.36 bits per heavy atom. The Hall–Kier alpha value is -3.02. The van der Waals surface area contributed by atoms with Gasteiger partial charge in [-0.05, 0) is 36.8 Å². The molecule has 0 saturated heterocycles. The number of aliphatic carboxylic acids is 1. The molecule has 0 unspecified atom stereocenters. The maximum atomic E-state index is 12.5. The van der Waals surface area contributed by atoms with Crippen molar-refractivity contribution in [1.82, 2.24) is 0 Å². The Morgan fingerprint density at radius 3 is 2.86 bits per heavy atom. The van der Waals surface area contributed by atoms with Gasteiger partial charge in [0, 0.05) is 6.08 Å². The number of hydrogen-bond donors (Lipinski definition) is 1. The number of carboxylic acids is 1. The van der Waals surface area contributed by atoms with E-state index in [0.29, 0.717) is 17.2 Å². The second-order valence-corrected chi connectivity index (χ2v) is 4.88. The molecule has 1 amide bonds. The molecule has 6 heteroatoms.